The van der Waals surface area contributed by atoms with E-state index in [-0.39, 0.29) is 16.8 Å². The van der Waals surface area contributed by atoms with Crippen LogP contribution in [-0.2, 0) is 6.54 Å². The van der Waals surface area contributed by atoms with Gasteiger partial charge in [-0.05, 0) is 53.9 Å². The van der Waals surface area contributed by atoms with Crippen LogP contribution in [0.15, 0.2) is 77.7 Å². The Morgan fingerprint density at radius 2 is 1.81 bits per heavy atom. The second-order valence-electron chi connectivity index (χ2n) is 6.97. The van der Waals surface area contributed by atoms with Crippen LogP contribution in [0.1, 0.15) is 28.4 Å². The molecule has 0 saturated heterocycles. The molecule has 0 bridgehead atoms. The molecule has 0 spiro atoms. The predicted molar refractivity (Wildman–Crippen MR) is 118 cm³/mol. The first-order valence-electron chi connectivity index (χ1n) is 9.64. The highest BCUT2D eigenvalue weighted by molar-refractivity contribution is 6.09. The van der Waals surface area contributed by atoms with Gasteiger partial charge in [-0.25, -0.2) is 9.78 Å². The molecule has 1 aromatic carbocycles. The number of hydrogen-bond donors (Lipinski definition) is 3. The first-order chi connectivity index (χ1) is 15.0. The molecule has 0 unspecified atom stereocenters. The molecule has 0 saturated carbocycles. The van der Waals surface area contributed by atoms with Gasteiger partial charge in [0.15, 0.2) is 5.76 Å². The topological polar surface area (TPSA) is 112 Å². The molecular formula is C24H20N4O3. The average molecular weight is 412 g/mol. The van der Waals surface area contributed by atoms with Gasteiger partial charge in [-0.15, -0.1) is 0 Å². The first kappa shape index (κ1) is 20.0. The molecule has 0 aliphatic carbocycles. The average Bonchev–Trinajstić information content (AvgIpc) is 3.33. The summed E-state index contributed by atoms with van der Waals surface area (Å²) in [5.74, 6) is -0.333. The van der Waals surface area contributed by atoms with E-state index in [0.29, 0.717) is 23.8 Å². The number of aromatic carboxylic acids is 1. The minimum absolute atomic E-state index is 0.00411. The van der Waals surface area contributed by atoms with E-state index in [1.165, 1.54) is 12.3 Å². The summed E-state index contributed by atoms with van der Waals surface area (Å²) in [6.07, 6.45) is 5.01. The second kappa shape index (κ2) is 8.62. The van der Waals surface area contributed by atoms with E-state index in [4.69, 9.17) is 9.83 Å². The van der Waals surface area contributed by atoms with Gasteiger partial charge in [-0.3, -0.25) is 4.98 Å². The number of pyridine rings is 2. The van der Waals surface area contributed by atoms with Crippen molar-refractivity contribution in [3.63, 3.8) is 0 Å². The minimum atomic E-state index is -1.12. The summed E-state index contributed by atoms with van der Waals surface area (Å²) in [5, 5.41) is 21.0. The number of carbonyl (C=O) groups is 1. The van der Waals surface area contributed by atoms with Crippen molar-refractivity contribution >= 4 is 17.5 Å². The maximum atomic E-state index is 11.9. The Labute approximate surface area is 178 Å². The van der Waals surface area contributed by atoms with E-state index in [9.17, 15) is 9.90 Å². The summed E-state index contributed by atoms with van der Waals surface area (Å²) >= 11 is 0. The number of carboxylic acids is 1. The van der Waals surface area contributed by atoms with Crippen molar-refractivity contribution in [1.29, 1.82) is 5.41 Å². The number of nitrogens with zero attached hydrogens (tertiary/aromatic N) is 2. The van der Waals surface area contributed by atoms with Crippen molar-refractivity contribution < 1.29 is 14.3 Å². The van der Waals surface area contributed by atoms with Gasteiger partial charge in [-0.1, -0.05) is 24.3 Å². The fraction of sp³-hybridized carbons (Fsp3) is 0.0833. The zero-order chi connectivity index (χ0) is 21.8. The molecule has 31 heavy (non-hydrogen) atoms. The molecule has 3 aromatic heterocycles. The molecule has 3 heterocycles. The van der Waals surface area contributed by atoms with Crippen molar-refractivity contribution in [1.82, 2.24) is 9.97 Å². The van der Waals surface area contributed by atoms with Crippen LogP contribution >= 0.6 is 0 Å². The normalized spacial score (nSPS) is 10.6. The number of hydrogen-bond acceptors (Lipinski definition) is 6. The molecule has 0 aliphatic heterocycles. The van der Waals surface area contributed by atoms with Gasteiger partial charge in [0, 0.05) is 24.7 Å². The number of nitrogens with one attached hydrogen (secondary N) is 2. The summed E-state index contributed by atoms with van der Waals surface area (Å²) < 4.78 is 5.39. The van der Waals surface area contributed by atoms with Gasteiger partial charge in [0.05, 0.1) is 17.4 Å². The monoisotopic (exact) mass is 412 g/mol. The molecule has 0 atom stereocenters. The van der Waals surface area contributed by atoms with Crippen LogP contribution in [0, 0.1) is 5.41 Å². The Balaban J connectivity index is 1.64. The number of rotatable bonds is 7. The molecule has 0 radical (unpaired) electrons. The Hall–Kier alpha value is -4.26. The van der Waals surface area contributed by atoms with Crippen LogP contribution in [0.2, 0.25) is 0 Å². The summed E-state index contributed by atoms with van der Waals surface area (Å²) in [6, 6.07) is 16.8. The molecule has 0 fully saturated rings. The standard InChI is InChI=1S/C24H20N4O3/c1-15(25)22-19(24(29)30)13-20(21-3-2-12-31-21)28-23(22)27-14-16-4-6-17(7-5-16)18-8-10-26-11-9-18/h2-13,25H,14H2,1H3,(H,27,28)(H,29,30). The molecule has 3 N–H and O–H groups in total. The maximum Gasteiger partial charge on any atom is 0.336 e. The SMILES string of the molecule is CC(=N)c1c(C(=O)O)cc(-c2ccco2)nc1NCc1ccc(-c2ccncc2)cc1. The smallest absolute Gasteiger partial charge is 0.336 e. The minimum Gasteiger partial charge on any atom is -0.478 e. The third-order valence-corrected chi connectivity index (χ3v) is 4.83. The van der Waals surface area contributed by atoms with Crippen LogP contribution in [0.25, 0.3) is 22.6 Å². The van der Waals surface area contributed by atoms with E-state index in [0.717, 1.165) is 16.7 Å². The van der Waals surface area contributed by atoms with Gasteiger partial charge < -0.3 is 20.2 Å². The Kier molecular flexibility index (Phi) is 5.57. The van der Waals surface area contributed by atoms with Gasteiger partial charge in [0.2, 0.25) is 0 Å². The Bertz CT molecular complexity index is 1220. The van der Waals surface area contributed by atoms with Crippen molar-refractivity contribution in [2.24, 2.45) is 0 Å². The zero-order valence-electron chi connectivity index (χ0n) is 16.8. The highest BCUT2D eigenvalue weighted by Gasteiger charge is 2.20. The second-order valence-corrected chi connectivity index (χ2v) is 6.97. The van der Waals surface area contributed by atoms with E-state index in [2.05, 4.69) is 15.3 Å². The number of anilines is 1. The zero-order valence-corrected chi connectivity index (χ0v) is 16.8. The van der Waals surface area contributed by atoms with Crippen molar-refractivity contribution in [2.75, 3.05) is 5.32 Å². The van der Waals surface area contributed by atoms with Crippen molar-refractivity contribution in [3.05, 3.63) is 89.9 Å². The number of aromatic nitrogens is 2. The van der Waals surface area contributed by atoms with Crippen LogP contribution in [0.4, 0.5) is 5.82 Å². The Morgan fingerprint density at radius 1 is 1.10 bits per heavy atom. The van der Waals surface area contributed by atoms with E-state index >= 15 is 0 Å². The molecule has 4 rings (SSSR count). The van der Waals surface area contributed by atoms with Crippen molar-refractivity contribution in [2.45, 2.75) is 13.5 Å². The highest BCUT2D eigenvalue weighted by atomic mass is 16.4. The fourth-order valence-electron chi connectivity index (χ4n) is 3.32. The molecule has 4 aromatic rings. The summed E-state index contributed by atoms with van der Waals surface area (Å²) in [6.45, 7) is 1.97. The fourth-order valence-corrected chi connectivity index (χ4v) is 3.32. The molecule has 7 heteroatoms. The summed E-state index contributed by atoms with van der Waals surface area (Å²) in [7, 11) is 0. The first-order valence-corrected chi connectivity index (χ1v) is 9.64. The third kappa shape index (κ3) is 4.35. The van der Waals surface area contributed by atoms with Crippen LogP contribution in [0.3, 0.4) is 0 Å². The Morgan fingerprint density at radius 3 is 2.42 bits per heavy atom. The lowest BCUT2D eigenvalue weighted by Crippen LogP contribution is -2.14. The highest BCUT2D eigenvalue weighted by Crippen LogP contribution is 2.27. The largest absolute Gasteiger partial charge is 0.478 e. The predicted octanol–water partition coefficient (Wildman–Crippen LogP) is 5.10. The lowest BCUT2D eigenvalue weighted by molar-refractivity contribution is 0.0696. The lowest BCUT2D eigenvalue weighted by Gasteiger charge is -2.15. The molecule has 7 nitrogen and oxygen atoms in total. The third-order valence-electron chi connectivity index (χ3n) is 4.83. The lowest BCUT2D eigenvalue weighted by atomic mass is 10.0. The molecule has 0 amide bonds. The van der Waals surface area contributed by atoms with Gasteiger partial charge >= 0.3 is 5.97 Å². The summed E-state index contributed by atoms with van der Waals surface area (Å²) in [5.41, 5.74) is 3.92. The number of furan rings is 1. The van der Waals surface area contributed by atoms with Gasteiger partial charge in [-0.2, -0.15) is 0 Å². The maximum absolute atomic E-state index is 11.9. The van der Waals surface area contributed by atoms with Crippen LogP contribution in [0.5, 0.6) is 0 Å². The van der Waals surface area contributed by atoms with Gasteiger partial charge in [0.1, 0.15) is 11.5 Å². The van der Waals surface area contributed by atoms with E-state index in [1.54, 1.807) is 31.5 Å². The summed E-state index contributed by atoms with van der Waals surface area (Å²) in [4.78, 5) is 20.4. The van der Waals surface area contributed by atoms with Crippen LogP contribution < -0.4 is 5.32 Å². The quantitative estimate of drug-likeness (QED) is 0.364. The molecule has 0 aliphatic rings. The number of carboxylic acid groups (broad SMARTS) is 1. The van der Waals surface area contributed by atoms with Crippen LogP contribution in [-0.4, -0.2) is 26.8 Å². The molecular weight excluding hydrogens is 392 g/mol. The van der Waals surface area contributed by atoms with Gasteiger partial charge in [0.25, 0.3) is 0 Å². The number of benzene rings is 1. The van der Waals surface area contributed by atoms with E-state index < -0.39 is 5.97 Å². The van der Waals surface area contributed by atoms with Crippen molar-refractivity contribution in [3.8, 4) is 22.6 Å². The molecule has 154 valence electrons. The van der Waals surface area contributed by atoms with E-state index in [1.807, 2.05) is 36.4 Å².